The van der Waals surface area contributed by atoms with Crippen molar-refractivity contribution in [1.29, 1.82) is 0 Å². The van der Waals surface area contributed by atoms with Crippen molar-refractivity contribution in [3.63, 3.8) is 0 Å². The van der Waals surface area contributed by atoms with Crippen molar-refractivity contribution in [2.75, 3.05) is 19.7 Å². The molecule has 2 heterocycles. The van der Waals surface area contributed by atoms with Gasteiger partial charge < -0.3 is 10.0 Å². The van der Waals surface area contributed by atoms with E-state index in [1.807, 2.05) is 0 Å². The molecule has 0 radical (unpaired) electrons. The highest BCUT2D eigenvalue weighted by atomic mass is 16.3. The van der Waals surface area contributed by atoms with Crippen molar-refractivity contribution in [2.24, 2.45) is 5.92 Å². The van der Waals surface area contributed by atoms with Crippen LogP contribution in [0.2, 0.25) is 0 Å². The zero-order valence-electron chi connectivity index (χ0n) is 9.12. The number of hydrogen-bond donors (Lipinski definition) is 1. The quantitative estimate of drug-likeness (QED) is 0.752. The van der Waals surface area contributed by atoms with Gasteiger partial charge in [-0.2, -0.15) is 5.10 Å². The summed E-state index contributed by atoms with van der Waals surface area (Å²) in [6, 6.07) is 0. The summed E-state index contributed by atoms with van der Waals surface area (Å²) in [4.78, 5) is 17.5. The average molecular weight is 224 g/mol. The fourth-order valence-electron chi connectivity index (χ4n) is 1.99. The Labute approximate surface area is 93.9 Å². The van der Waals surface area contributed by atoms with Crippen LogP contribution < -0.4 is 0 Å². The topological polar surface area (TPSA) is 71.2 Å². The molecule has 16 heavy (non-hydrogen) atoms. The number of amides is 1. The molecule has 1 saturated heterocycles. The molecule has 6 nitrogen and oxygen atoms in total. The molecule has 1 amide bonds. The minimum absolute atomic E-state index is 0.0450. The smallest absolute Gasteiger partial charge is 0.244 e. The Balaban J connectivity index is 1.89. The van der Waals surface area contributed by atoms with Gasteiger partial charge in [-0.3, -0.25) is 4.79 Å². The fourth-order valence-corrected chi connectivity index (χ4v) is 1.99. The molecule has 0 bridgehead atoms. The predicted molar refractivity (Wildman–Crippen MR) is 56.4 cm³/mol. The van der Waals surface area contributed by atoms with Gasteiger partial charge in [-0.1, -0.05) is 0 Å². The van der Waals surface area contributed by atoms with Gasteiger partial charge >= 0.3 is 0 Å². The van der Waals surface area contributed by atoms with Gasteiger partial charge in [-0.15, -0.1) is 0 Å². The molecular weight excluding hydrogens is 208 g/mol. The molecule has 1 fully saturated rings. The van der Waals surface area contributed by atoms with Crippen molar-refractivity contribution < 1.29 is 9.90 Å². The summed E-state index contributed by atoms with van der Waals surface area (Å²) in [5.41, 5.74) is 0. The van der Waals surface area contributed by atoms with Crippen molar-refractivity contribution >= 4 is 5.91 Å². The SMILES string of the molecule is O=C(Cn1cncn1)N1CCC[C@@H](CO)C1. The van der Waals surface area contributed by atoms with Crippen molar-refractivity contribution in [1.82, 2.24) is 19.7 Å². The molecule has 0 spiro atoms. The summed E-state index contributed by atoms with van der Waals surface area (Å²) in [6.07, 6.45) is 4.92. The molecule has 1 aliphatic heterocycles. The molecule has 0 unspecified atom stereocenters. The molecule has 0 saturated carbocycles. The standard InChI is InChI=1S/C10H16N4O2/c15-6-9-2-1-3-13(4-9)10(16)5-14-8-11-7-12-14/h7-9,15H,1-6H2/t9-/m1/s1. The Hall–Kier alpha value is -1.43. The van der Waals surface area contributed by atoms with E-state index < -0.39 is 0 Å². The molecule has 2 rings (SSSR count). The molecule has 1 N–H and O–H groups in total. The first-order valence-corrected chi connectivity index (χ1v) is 5.50. The monoisotopic (exact) mass is 224 g/mol. The summed E-state index contributed by atoms with van der Waals surface area (Å²) >= 11 is 0. The second kappa shape index (κ2) is 5.07. The lowest BCUT2D eigenvalue weighted by molar-refractivity contribution is -0.134. The van der Waals surface area contributed by atoms with Gasteiger partial charge in [0.1, 0.15) is 19.2 Å². The van der Waals surface area contributed by atoms with Gasteiger partial charge in [0.2, 0.25) is 5.91 Å². The van der Waals surface area contributed by atoms with Crippen LogP contribution in [-0.4, -0.2) is 50.4 Å². The second-order valence-electron chi connectivity index (χ2n) is 4.12. The van der Waals surface area contributed by atoms with E-state index in [-0.39, 0.29) is 25.0 Å². The Bertz CT molecular complexity index is 339. The summed E-state index contributed by atoms with van der Waals surface area (Å²) in [7, 11) is 0. The lowest BCUT2D eigenvalue weighted by Gasteiger charge is -2.31. The molecular formula is C10H16N4O2. The van der Waals surface area contributed by atoms with Gasteiger partial charge in [0.05, 0.1) is 0 Å². The normalized spacial score (nSPS) is 21.1. The zero-order chi connectivity index (χ0) is 11.4. The highest BCUT2D eigenvalue weighted by molar-refractivity contribution is 5.75. The van der Waals surface area contributed by atoms with E-state index in [1.54, 1.807) is 4.90 Å². The van der Waals surface area contributed by atoms with Crippen molar-refractivity contribution in [3.05, 3.63) is 12.7 Å². The van der Waals surface area contributed by atoms with E-state index in [0.717, 1.165) is 19.4 Å². The molecule has 1 aliphatic rings. The van der Waals surface area contributed by atoms with Crippen molar-refractivity contribution in [2.45, 2.75) is 19.4 Å². The van der Waals surface area contributed by atoms with Crippen LogP contribution in [0.4, 0.5) is 0 Å². The number of carbonyl (C=O) groups excluding carboxylic acids is 1. The lowest BCUT2D eigenvalue weighted by Crippen LogP contribution is -2.42. The van der Waals surface area contributed by atoms with Gasteiger partial charge in [0.15, 0.2) is 0 Å². The van der Waals surface area contributed by atoms with Gasteiger partial charge in [0, 0.05) is 19.7 Å². The molecule has 0 aromatic carbocycles. The van der Waals surface area contributed by atoms with Gasteiger partial charge in [-0.05, 0) is 18.8 Å². The molecule has 0 aliphatic carbocycles. The Kier molecular flexibility index (Phi) is 3.51. The number of carbonyl (C=O) groups is 1. The van der Waals surface area contributed by atoms with E-state index in [2.05, 4.69) is 10.1 Å². The van der Waals surface area contributed by atoms with Crippen LogP contribution in [0.3, 0.4) is 0 Å². The van der Waals surface area contributed by atoms with E-state index in [9.17, 15) is 4.79 Å². The van der Waals surface area contributed by atoms with E-state index in [0.29, 0.717) is 6.54 Å². The number of aliphatic hydroxyl groups excluding tert-OH is 1. The van der Waals surface area contributed by atoms with Crippen LogP contribution in [0.15, 0.2) is 12.7 Å². The summed E-state index contributed by atoms with van der Waals surface area (Å²) in [5, 5.41) is 13.0. The molecule has 1 atom stereocenters. The first-order chi connectivity index (χ1) is 7.79. The predicted octanol–water partition coefficient (Wildman–Crippen LogP) is -0.491. The Morgan fingerprint density at radius 3 is 3.12 bits per heavy atom. The number of hydrogen-bond acceptors (Lipinski definition) is 4. The number of rotatable bonds is 3. The number of nitrogens with zero attached hydrogens (tertiary/aromatic N) is 4. The summed E-state index contributed by atoms with van der Waals surface area (Å²) < 4.78 is 1.52. The van der Waals surface area contributed by atoms with Crippen LogP contribution in [0.5, 0.6) is 0 Å². The largest absolute Gasteiger partial charge is 0.396 e. The van der Waals surface area contributed by atoms with E-state index in [1.165, 1.54) is 17.3 Å². The maximum absolute atomic E-state index is 11.9. The zero-order valence-corrected chi connectivity index (χ0v) is 9.12. The highest BCUT2D eigenvalue weighted by Crippen LogP contribution is 2.15. The van der Waals surface area contributed by atoms with Crippen LogP contribution in [0, 0.1) is 5.92 Å². The van der Waals surface area contributed by atoms with Crippen LogP contribution in [0.1, 0.15) is 12.8 Å². The number of piperidine rings is 1. The number of aliphatic hydroxyl groups is 1. The number of likely N-dealkylation sites (tertiary alicyclic amines) is 1. The van der Waals surface area contributed by atoms with Crippen LogP contribution in [0.25, 0.3) is 0 Å². The average Bonchev–Trinajstić information content (AvgIpc) is 2.82. The van der Waals surface area contributed by atoms with Crippen LogP contribution in [-0.2, 0) is 11.3 Å². The van der Waals surface area contributed by atoms with Gasteiger partial charge in [0.25, 0.3) is 0 Å². The third-order valence-corrected chi connectivity index (χ3v) is 2.89. The first kappa shape index (κ1) is 11.1. The molecule has 1 aromatic rings. The third kappa shape index (κ3) is 2.57. The molecule has 1 aromatic heterocycles. The minimum atomic E-state index is 0.0450. The minimum Gasteiger partial charge on any atom is -0.396 e. The molecule has 88 valence electrons. The first-order valence-electron chi connectivity index (χ1n) is 5.50. The summed E-state index contributed by atoms with van der Waals surface area (Å²) in [5.74, 6) is 0.275. The highest BCUT2D eigenvalue weighted by Gasteiger charge is 2.23. The van der Waals surface area contributed by atoms with Gasteiger partial charge in [-0.25, -0.2) is 9.67 Å². The van der Waals surface area contributed by atoms with E-state index in [4.69, 9.17) is 5.11 Å². The lowest BCUT2D eigenvalue weighted by atomic mass is 9.99. The third-order valence-electron chi connectivity index (χ3n) is 2.89. The molecule has 6 heteroatoms. The fraction of sp³-hybridized carbons (Fsp3) is 0.700. The Morgan fingerprint density at radius 2 is 2.44 bits per heavy atom. The van der Waals surface area contributed by atoms with Crippen LogP contribution >= 0.6 is 0 Å². The maximum Gasteiger partial charge on any atom is 0.244 e. The Morgan fingerprint density at radius 1 is 1.56 bits per heavy atom. The van der Waals surface area contributed by atoms with Crippen molar-refractivity contribution in [3.8, 4) is 0 Å². The van der Waals surface area contributed by atoms with E-state index >= 15 is 0 Å². The summed E-state index contributed by atoms with van der Waals surface area (Å²) in [6.45, 7) is 1.83. The maximum atomic E-state index is 11.9. The second-order valence-corrected chi connectivity index (χ2v) is 4.12. The number of aromatic nitrogens is 3.